The van der Waals surface area contributed by atoms with Gasteiger partial charge in [-0.15, -0.1) is 21.6 Å². The molecule has 3 aromatic heterocycles. The molecule has 4 atom stereocenters. The normalized spacial score (nSPS) is 17.0. The van der Waals surface area contributed by atoms with E-state index in [-0.39, 0.29) is 30.0 Å². The Balaban J connectivity index is 1.58. The third kappa shape index (κ3) is 5.13. The summed E-state index contributed by atoms with van der Waals surface area (Å²) in [5, 5.41) is 11.9. The monoisotopic (exact) mass is 527 g/mol. The number of ether oxygens (including phenoxy) is 1. The van der Waals surface area contributed by atoms with Gasteiger partial charge in [0.2, 0.25) is 5.91 Å². The number of carbonyl (C=O) groups is 2. The number of hydrogen-bond acceptors (Lipinski definition) is 6. The van der Waals surface area contributed by atoms with E-state index >= 15 is 0 Å². The van der Waals surface area contributed by atoms with Crippen molar-refractivity contribution < 1.29 is 14.3 Å². The molecule has 0 aliphatic heterocycles. The van der Waals surface area contributed by atoms with E-state index in [9.17, 15) is 9.59 Å². The van der Waals surface area contributed by atoms with E-state index < -0.39 is 5.91 Å². The van der Waals surface area contributed by atoms with Crippen LogP contribution in [0.4, 0.5) is 5.69 Å². The van der Waals surface area contributed by atoms with Crippen molar-refractivity contribution in [2.45, 2.75) is 24.6 Å². The van der Waals surface area contributed by atoms with Gasteiger partial charge >= 0.3 is 0 Å². The molecule has 1 aromatic carbocycles. The van der Waals surface area contributed by atoms with E-state index in [1.807, 2.05) is 26.0 Å². The Kier molecular flexibility index (Phi) is 6.92. The smallest absolute Gasteiger partial charge is 0.261 e. The standard InChI is InChI=1S/C26H27BN7O3P/c1-4-15-10-17(15)16-6-7-21(37-26(27)38)18(11-16)23-20(13-33(31-23)14-22(35)32(2)3)30-25(36)19-12-29-34-9-5-8-28-24(19)34/h1,5-9,11-13,15,17,26H,10,14,27,38H2,2-3H3,(H,30,36)/t15?,17-,26?/m1/s1. The summed E-state index contributed by atoms with van der Waals surface area (Å²) in [5.74, 6) is 3.20. The Labute approximate surface area is 223 Å². The summed E-state index contributed by atoms with van der Waals surface area (Å²) >= 11 is 0. The fraction of sp³-hybridized carbons (Fsp3) is 0.269. The molecular weight excluding hydrogens is 500 g/mol. The van der Waals surface area contributed by atoms with Crippen molar-refractivity contribution in [1.82, 2.24) is 29.3 Å². The molecule has 10 nitrogen and oxygen atoms in total. The first-order chi connectivity index (χ1) is 18.2. The van der Waals surface area contributed by atoms with Crippen molar-refractivity contribution in [2.24, 2.45) is 5.92 Å². The Hall–Kier alpha value is -4.16. The molecule has 1 aliphatic carbocycles. The van der Waals surface area contributed by atoms with Crippen LogP contribution in [0.1, 0.15) is 28.3 Å². The number of rotatable bonds is 8. The molecule has 1 saturated carbocycles. The maximum atomic E-state index is 13.4. The largest absolute Gasteiger partial charge is 0.495 e. The summed E-state index contributed by atoms with van der Waals surface area (Å²) < 4.78 is 9.14. The minimum atomic E-state index is -0.397. The molecule has 1 aliphatic rings. The van der Waals surface area contributed by atoms with Crippen LogP contribution in [0.25, 0.3) is 16.9 Å². The highest BCUT2D eigenvalue weighted by atomic mass is 31.0. The Morgan fingerprint density at radius 3 is 2.92 bits per heavy atom. The molecule has 4 aromatic rings. The highest BCUT2D eigenvalue weighted by Crippen LogP contribution is 2.49. The summed E-state index contributed by atoms with van der Waals surface area (Å²) in [6.07, 6.45) is 13.0. The number of nitrogens with one attached hydrogen (secondary N) is 1. The maximum Gasteiger partial charge on any atom is 0.261 e. The second kappa shape index (κ2) is 10.3. The van der Waals surface area contributed by atoms with Crippen LogP contribution >= 0.6 is 9.24 Å². The zero-order chi connectivity index (χ0) is 27.0. The van der Waals surface area contributed by atoms with Crippen LogP contribution in [0, 0.1) is 18.3 Å². The van der Waals surface area contributed by atoms with Crippen molar-refractivity contribution in [1.29, 1.82) is 0 Å². The molecule has 0 saturated heterocycles. The lowest BCUT2D eigenvalue weighted by molar-refractivity contribution is -0.129. The summed E-state index contributed by atoms with van der Waals surface area (Å²) in [6.45, 7) is 0.00580. The lowest BCUT2D eigenvalue weighted by atomic mass is 10.0. The molecule has 2 amide bonds. The van der Waals surface area contributed by atoms with Gasteiger partial charge in [0.1, 0.15) is 23.6 Å². The first-order valence-corrected chi connectivity index (χ1v) is 12.8. The summed E-state index contributed by atoms with van der Waals surface area (Å²) in [6, 6.07) is 7.67. The van der Waals surface area contributed by atoms with E-state index in [0.717, 1.165) is 12.0 Å². The number of benzene rings is 1. The van der Waals surface area contributed by atoms with Crippen LogP contribution < -0.4 is 10.1 Å². The Morgan fingerprint density at radius 2 is 2.21 bits per heavy atom. The summed E-state index contributed by atoms with van der Waals surface area (Å²) in [5.41, 5.74) is 3.43. The molecule has 1 fully saturated rings. The topological polar surface area (TPSA) is 107 Å². The van der Waals surface area contributed by atoms with Crippen molar-refractivity contribution >= 4 is 40.2 Å². The van der Waals surface area contributed by atoms with Crippen LogP contribution in [0.3, 0.4) is 0 Å². The van der Waals surface area contributed by atoms with Gasteiger partial charge in [-0.05, 0) is 36.1 Å². The van der Waals surface area contributed by atoms with Gasteiger partial charge in [-0.25, -0.2) is 9.50 Å². The highest BCUT2D eigenvalue weighted by molar-refractivity contribution is 7.20. The predicted molar refractivity (Wildman–Crippen MR) is 150 cm³/mol. The van der Waals surface area contributed by atoms with E-state index in [4.69, 9.17) is 16.3 Å². The number of aromatic nitrogens is 5. The minimum absolute atomic E-state index is 0.00580. The number of nitrogens with zero attached hydrogens (tertiary/aromatic N) is 6. The zero-order valence-corrected chi connectivity index (χ0v) is 22.5. The average Bonchev–Trinajstić information content (AvgIpc) is 3.39. The Bertz CT molecular complexity index is 1570. The second-order valence-electron chi connectivity index (χ2n) is 9.47. The molecule has 0 bridgehead atoms. The Morgan fingerprint density at radius 1 is 1.39 bits per heavy atom. The molecule has 0 radical (unpaired) electrons. The van der Waals surface area contributed by atoms with Crippen molar-refractivity contribution in [3.63, 3.8) is 0 Å². The second-order valence-corrected chi connectivity index (χ2v) is 10.4. The molecule has 3 heterocycles. The van der Waals surface area contributed by atoms with E-state index in [1.165, 1.54) is 20.3 Å². The van der Waals surface area contributed by atoms with Gasteiger partial charge in [0.25, 0.3) is 5.91 Å². The van der Waals surface area contributed by atoms with Crippen LogP contribution in [-0.4, -0.2) is 68.8 Å². The van der Waals surface area contributed by atoms with Gasteiger partial charge in [0, 0.05) is 44.2 Å². The van der Waals surface area contributed by atoms with E-state index in [2.05, 4.69) is 30.6 Å². The lowest BCUT2D eigenvalue weighted by Gasteiger charge is -2.16. The molecule has 0 spiro atoms. The van der Waals surface area contributed by atoms with Gasteiger partial charge < -0.3 is 15.0 Å². The number of fused-ring (bicyclic) bond motifs is 1. The number of terminal acetylenes is 1. The molecule has 192 valence electrons. The molecule has 38 heavy (non-hydrogen) atoms. The van der Waals surface area contributed by atoms with Gasteiger partial charge in [-0.2, -0.15) is 10.2 Å². The fourth-order valence-corrected chi connectivity index (χ4v) is 4.41. The predicted octanol–water partition coefficient (Wildman–Crippen LogP) is 1.84. The average molecular weight is 527 g/mol. The fourth-order valence-electron chi connectivity index (χ4n) is 4.26. The van der Waals surface area contributed by atoms with Gasteiger partial charge in [0.15, 0.2) is 13.5 Å². The third-order valence-corrected chi connectivity index (χ3v) is 6.47. The van der Waals surface area contributed by atoms with Crippen LogP contribution in [0.5, 0.6) is 5.75 Å². The van der Waals surface area contributed by atoms with Crippen molar-refractivity contribution in [3.05, 3.63) is 60.2 Å². The number of amides is 2. The molecule has 3 unspecified atom stereocenters. The highest BCUT2D eigenvalue weighted by Gasteiger charge is 2.37. The first-order valence-electron chi connectivity index (χ1n) is 12.1. The number of hydrogen-bond donors (Lipinski definition) is 1. The first kappa shape index (κ1) is 25.5. The summed E-state index contributed by atoms with van der Waals surface area (Å²) in [7, 11) is 7.89. The van der Waals surface area contributed by atoms with E-state index in [0.29, 0.717) is 33.9 Å². The van der Waals surface area contributed by atoms with Gasteiger partial charge in [0.05, 0.1) is 17.6 Å². The number of likely N-dealkylation sites (N-methyl/N-ethyl adjacent to an activating group) is 1. The quantitative estimate of drug-likeness (QED) is 0.213. The molecule has 5 rings (SSSR count). The van der Waals surface area contributed by atoms with Crippen molar-refractivity contribution in [2.75, 3.05) is 19.4 Å². The van der Waals surface area contributed by atoms with Gasteiger partial charge in [-0.3, -0.25) is 14.3 Å². The number of anilines is 1. The van der Waals surface area contributed by atoms with Crippen molar-refractivity contribution in [3.8, 4) is 29.4 Å². The van der Waals surface area contributed by atoms with Crippen LogP contribution in [-0.2, 0) is 11.3 Å². The van der Waals surface area contributed by atoms with Crippen LogP contribution in [0.15, 0.2) is 49.1 Å². The SMILES string of the molecule is BC(P)Oc1ccc([C@@H]2CC2C#C)cc1-c1nn(CC(=O)N(C)C)cc1NC(=O)c1cnn2cccnc12. The maximum absolute atomic E-state index is 13.4. The third-order valence-electron chi connectivity index (χ3n) is 6.33. The summed E-state index contributed by atoms with van der Waals surface area (Å²) in [4.78, 5) is 31.6. The lowest BCUT2D eigenvalue weighted by Crippen LogP contribution is -2.26. The minimum Gasteiger partial charge on any atom is -0.495 e. The van der Waals surface area contributed by atoms with E-state index in [1.54, 1.807) is 38.8 Å². The molecule has 1 N–H and O–H groups in total. The molecular formula is C26H27BN7O3P. The zero-order valence-electron chi connectivity index (χ0n) is 21.3. The molecule has 12 heteroatoms. The van der Waals surface area contributed by atoms with Crippen LogP contribution in [0.2, 0.25) is 0 Å². The van der Waals surface area contributed by atoms with Gasteiger partial charge in [-0.1, -0.05) is 6.07 Å². The number of carbonyl (C=O) groups excluding carboxylic acids is 2.